The van der Waals surface area contributed by atoms with Crippen molar-refractivity contribution in [1.29, 1.82) is 5.26 Å². The smallest absolute Gasteiger partial charge is 0.268 e. The van der Waals surface area contributed by atoms with Gasteiger partial charge in [-0.05, 0) is 55.5 Å². The second-order valence-corrected chi connectivity index (χ2v) is 8.80. The molecular weight excluding hydrogens is 426 g/mol. The molecule has 1 fully saturated rings. The molecule has 3 aromatic rings. The zero-order valence-corrected chi connectivity index (χ0v) is 18.5. The molecule has 0 saturated heterocycles. The Morgan fingerprint density at radius 2 is 2.12 bits per heavy atom. The van der Waals surface area contributed by atoms with Crippen LogP contribution in [0.3, 0.4) is 0 Å². The van der Waals surface area contributed by atoms with Gasteiger partial charge in [0.25, 0.3) is 5.56 Å². The normalized spacial score (nSPS) is 13.1. The summed E-state index contributed by atoms with van der Waals surface area (Å²) in [6.07, 6.45) is 5.47. The van der Waals surface area contributed by atoms with Crippen LogP contribution in [0.15, 0.2) is 46.5 Å². The van der Waals surface area contributed by atoms with Gasteiger partial charge in [0.2, 0.25) is 5.91 Å². The quantitative estimate of drug-likeness (QED) is 0.262. The van der Waals surface area contributed by atoms with E-state index in [-0.39, 0.29) is 11.5 Å². The Labute approximate surface area is 190 Å². The number of benzene rings is 1. The summed E-state index contributed by atoms with van der Waals surface area (Å²) in [7, 11) is 0. The van der Waals surface area contributed by atoms with Crippen molar-refractivity contribution in [3.63, 3.8) is 0 Å². The molecule has 1 amide bonds. The van der Waals surface area contributed by atoms with E-state index in [0.29, 0.717) is 53.7 Å². The van der Waals surface area contributed by atoms with Crippen molar-refractivity contribution >= 4 is 28.7 Å². The third-order valence-electron chi connectivity index (χ3n) is 5.17. The summed E-state index contributed by atoms with van der Waals surface area (Å²) in [5.41, 5.74) is 1.13. The Balaban J connectivity index is 1.47. The van der Waals surface area contributed by atoms with Crippen molar-refractivity contribution in [1.82, 2.24) is 19.9 Å². The van der Waals surface area contributed by atoms with Gasteiger partial charge in [-0.1, -0.05) is 11.8 Å². The van der Waals surface area contributed by atoms with E-state index >= 15 is 0 Å². The topological polar surface area (TPSA) is 113 Å². The molecule has 0 atom stereocenters. The van der Waals surface area contributed by atoms with Crippen molar-refractivity contribution in [2.75, 3.05) is 18.9 Å². The molecule has 2 N–H and O–H groups in total. The monoisotopic (exact) mass is 451 g/mol. The predicted molar refractivity (Wildman–Crippen MR) is 123 cm³/mol. The summed E-state index contributed by atoms with van der Waals surface area (Å²) in [6.45, 7) is 1.11. The second-order valence-electron chi connectivity index (χ2n) is 7.73. The van der Waals surface area contributed by atoms with Crippen LogP contribution < -0.4 is 15.6 Å². The average Bonchev–Trinajstić information content (AvgIpc) is 3.51. The summed E-state index contributed by atoms with van der Waals surface area (Å²) >= 11 is 1.44. The zero-order chi connectivity index (χ0) is 22.3. The van der Waals surface area contributed by atoms with Crippen LogP contribution in [0.1, 0.15) is 32.1 Å². The maximum absolute atomic E-state index is 13.2. The molecule has 4 rings (SSSR count). The van der Waals surface area contributed by atoms with Crippen LogP contribution in [0.4, 0.5) is 0 Å². The van der Waals surface area contributed by atoms with Crippen LogP contribution in [-0.2, 0) is 4.79 Å². The molecule has 0 bridgehead atoms. The van der Waals surface area contributed by atoms with Gasteiger partial charge < -0.3 is 15.0 Å². The average molecular weight is 452 g/mol. The number of H-pyrrole nitrogens is 1. The minimum Gasteiger partial charge on any atom is -0.493 e. The minimum absolute atomic E-state index is 0.0761. The van der Waals surface area contributed by atoms with Crippen LogP contribution in [0, 0.1) is 17.2 Å². The molecule has 166 valence electrons. The van der Waals surface area contributed by atoms with Crippen molar-refractivity contribution in [2.24, 2.45) is 5.92 Å². The van der Waals surface area contributed by atoms with Crippen molar-refractivity contribution in [3.8, 4) is 17.5 Å². The lowest BCUT2D eigenvalue weighted by Crippen LogP contribution is -2.24. The molecule has 0 unspecified atom stereocenters. The number of ether oxygens (including phenoxy) is 1. The summed E-state index contributed by atoms with van der Waals surface area (Å²) in [5.74, 6) is 2.02. The van der Waals surface area contributed by atoms with Gasteiger partial charge in [0.1, 0.15) is 11.4 Å². The summed E-state index contributed by atoms with van der Waals surface area (Å²) in [5, 5.41) is 12.4. The maximum atomic E-state index is 13.2. The lowest BCUT2D eigenvalue weighted by molar-refractivity contribution is -0.121. The summed E-state index contributed by atoms with van der Waals surface area (Å²) < 4.78 is 7.42. The van der Waals surface area contributed by atoms with Crippen LogP contribution >= 0.6 is 11.8 Å². The molecule has 1 saturated carbocycles. The third kappa shape index (κ3) is 5.51. The Bertz CT molecular complexity index is 1180. The van der Waals surface area contributed by atoms with Crippen LogP contribution in [0.5, 0.6) is 5.75 Å². The van der Waals surface area contributed by atoms with Crippen molar-refractivity contribution in [3.05, 3.63) is 46.9 Å². The summed E-state index contributed by atoms with van der Waals surface area (Å²) in [6, 6.07) is 11.2. The Morgan fingerprint density at radius 1 is 1.31 bits per heavy atom. The fourth-order valence-electron chi connectivity index (χ4n) is 3.24. The number of carbonyl (C=O) groups excluding carboxylic acids is 1. The van der Waals surface area contributed by atoms with E-state index in [2.05, 4.69) is 15.3 Å². The number of rotatable bonds is 11. The van der Waals surface area contributed by atoms with E-state index in [0.717, 1.165) is 18.0 Å². The van der Waals surface area contributed by atoms with E-state index in [4.69, 9.17) is 10.00 Å². The van der Waals surface area contributed by atoms with E-state index < -0.39 is 0 Å². The number of fused-ring (bicyclic) bond motifs is 1. The van der Waals surface area contributed by atoms with Gasteiger partial charge in [-0.15, -0.1) is 0 Å². The number of nitriles is 1. The molecule has 1 aliphatic rings. The van der Waals surface area contributed by atoms with Crippen LogP contribution in [-0.4, -0.2) is 39.3 Å². The molecule has 0 aliphatic heterocycles. The number of aromatic nitrogens is 3. The van der Waals surface area contributed by atoms with Gasteiger partial charge in [0, 0.05) is 24.9 Å². The van der Waals surface area contributed by atoms with Gasteiger partial charge in [-0.25, -0.2) is 4.98 Å². The molecule has 1 aliphatic carbocycles. The Hall–Kier alpha value is -3.25. The second kappa shape index (κ2) is 10.4. The van der Waals surface area contributed by atoms with E-state index in [1.807, 2.05) is 30.3 Å². The van der Waals surface area contributed by atoms with Gasteiger partial charge >= 0.3 is 0 Å². The number of hydrogen-bond acceptors (Lipinski definition) is 6. The molecule has 9 heteroatoms. The molecule has 2 heterocycles. The SMILES string of the molecule is N#CCCNC(=O)CCCSc1nc2[nH]ccc2c(=O)n1-c1ccc(OCC2CC2)cc1. The zero-order valence-electron chi connectivity index (χ0n) is 17.7. The molecule has 1 aromatic carbocycles. The number of nitrogens with zero attached hydrogens (tertiary/aromatic N) is 3. The van der Waals surface area contributed by atoms with E-state index in [1.54, 1.807) is 16.8 Å². The Morgan fingerprint density at radius 3 is 2.88 bits per heavy atom. The third-order valence-corrected chi connectivity index (χ3v) is 6.20. The fourth-order valence-corrected chi connectivity index (χ4v) is 4.18. The van der Waals surface area contributed by atoms with Gasteiger partial charge in [-0.2, -0.15) is 5.26 Å². The summed E-state index contributed by atoms with van der Waals surface area (Å²) in [4.78, 5) is 32.7. The number of carbonyl (C=O) groups is 1. The first-order valence-corrected chi connectivity index (χ1v) is 11.7. The number of amides is 1. The number of nitrogens with one attached hydrogen (secondary N) is 2. The molecule has 0 spiro atoms. The molecule has 8 nitrogen and oxygen atoms in total. The highest BCUT2D eigenvalue weighted by Gasteiger charge is 2.22. The van der Waals surface area contributed by atoms with Gasteiger partial charge in [-0.3, -0.25) is 14.2 Å². The number of aromatic amines is 1. The first-order valence-electron chi connectivity index (χ1n) is 10.8. The number of thioether (sulfide) groups is 1. The first kappa shape index (κ1) is 22.0. The van der Waals surface area contributed by atoms with E-state index in [9.17, 15) is 9.59 Å². The van der Waals surface area contributed by atoms with Crippen LogP contribution in [0.25, 0.3) is 16.7 Å². The maximum Gasteiger partial charge on any atom is 0.268 e. The lowest BCUT2D eigenvalue weighted by atomic mass is 10.3. The predicted octanol–water partition coefficient (Wildman–Crippen LogP) is 3.40. The standard InChI is InChI=1S/C23H25N5O3S/c24-11-2-12-25-20(29)3-1-14-32-23-27-21-19(10-13-26-21)22(30)28(23)17-6-8-18(9-7-17)31-15-16-4-5-16/h6-10,13,16,26H,1-5,12,14-15H2,(H,25,29). The highest BCUT2D eigenvalue weighted by molar-refractivity contribution is 7.99. The molecule has 32 heavy (non-hydrogen) atoms. The fraction of sp³-hybridized carbons (Fsp3) is 0.391. The number of hydrogen-bond donors (Lipinski definition) is 2. The molecule has 2 aromatic heterocycles. The highest BCUT2D eigenvalue weighted by atomic mass is 32.2. The largest absolute Gasteiger partial charge is 0.493 e. The van der Waals surface area contributed by atoms with Crippen molar-refractivity contribution in [2.45, 2.75) is 37.3 Å². The molecular formula is C23H25N5O3S. The lowest BCUT2D eigenvalue weighted by Gasteiger charge is -2.13. The van der Waals surface area contributed by atoms with E-state index in [1.165, 1.54) is 24.6 Å². The molecule has 0 radical (unpaired) electrons. The van der Waals surface area contributed by atoms with Crippen molar-refractivity contribution < 1.29 is 9.53 Å². The highest BCUT2D eigenvalue weighted by Crippen LogP contribution is 2.30. The first-order chi connectivity index (χ1) is 15.7. The van der Waals surface area contributed by atoms with Gasteiger partial charge in [0.05, 0.1) is 30.2 Å². The Kier molecular flexibility index (Phi) is 7.12. The van der Waals surface area contributed by atoms with Gasteiger partial charge in [0.15, 0.2) is 5.16 Å². The minimum atomic E-state index is -0.139. The van der Waals surface area contributed by atoms with Crippen LogP contribution in [0.2, 0.25) is 0 Å².